The van der Waals surface area contributed by atoms with E-state index in [1.807, 2.05) is 13.0 Å². The first-order valence-corrected chi connectivity index (χ1v) is 8.91. The Morgan fingerprint density at radius 1 is 1.18 bits per heavy atom. The normalized spacial score (nSPS) is 15.2. The summed E-state index contributed by atoms with van der Waals surface area (Å²) in [5.74, 6) is -0.114. The minimum absolute atomic E-state index is 0.0259. The van der Waals surface area contributed by atoms with Gasteiger partial charge in [-0.2, -0.15) is 5.10 Å². The minimum atomic E-state index is -0.628. The molecular formula is C19H26N4O5. The van der Waals surface area contributed by atoms with E-state index in [0.717, 1.165) is 18.9 Å². The molecule has 0 spiro atoms. The molecule has 28 heavy (non-hydrogen) atoms. The van der Waals surface area contributed by atoms with E-state index < -0.39 is 5.97 Å². The van der Waals surface area contributed by atoms with Crippen LogP contribution in [0, 0.1) is 0 Å². The van der Waals surface area contributed by atoms with Crippen LogP contribution in [0.5, 0.6) is 0 Å². The number of esters is 1. The summed E-state index contributed by atoms with van der Waals surface area (Å²) >= 11 is 0. The summed E-state index contributed by atoms with van der Waals surface area (Å²) in [6, 6.07) is 7.12. The van der Waals surface area contributed by atoms with E-state index in [2.05, 4.69) is 15.2 Å². The molecule has 0 bridgehead atoms. The van der Waals surface area contributed by atoms with Crippen LogP contribution in [-0.2, 0) is 30.4 Å². The van der Waals surface area contributed by atoms with Gasteiger partial charge < -0.3 is 19.2 Å². The number of benzene rings is 1. The van der Waals surface area contributed by atoms with Crippen LogP contribution in [0.3, 0.4) is 0 Å². The van der Waals surface area contributed by atoms with Gasteiger partial charge in [-0.15, -0.1) is 0 Å². The predicted octanol–water partition coefficient (Wildman–Crippen LogP) is 1.22. The van der Waals surface area contributed by atoms with Crippen molar-refractivity contribution in [3.8, 4) is 0 Å². The zero-order valence-corrected chi connectivity index (χ0v) is 16.7. The number of carbonyl (C=O) groups excluding carboxylic acids is 2. The zero-order chi connectivity index (χ0) is 20.5. The Hall–Kier alpha value is -2.94. The Bertz CT molecular complexity index is 756. The first kappa shape index (κ1) is 21.4. The molecule has 0 unspecified atom stereocenters. The van der Waals surface area contributed by atoms with Crippen molar-refractivity contribution in [2.45, 2.75) is 20.4 Å². The molecule has 1 aromatic carbocycles. The van der Waals surface area contributed by atoms with Crippen LogP contribution >= 0.6 is 0 Å². The van der Waals surface area contributed by atoms with E-state index in [1.54, 1.807) is 18.2 Å². The lowest BCUT2D eigenvalue weighted by atomic mass is 10.0. The summed E-state index contributed by atoms with van der Waals surface area (Å²) < 4.78 is 10.1. The number of nitrogens with zero attached hydrogens (tertiary/aromatic N) is 4. The first-order valence-electron chi connectivity index (χ1n) is 8.91. The zero-order valence-electron chi connectivity index (χ0n) is 16.7. The molecule has 1 fully saturated rings. The number of methoxy groups -OCH3 is 1. The fourth-order valence-electron chi connectivity index (χ4n) is 2.78. The molecule has 1 aromatic rings. The maximum absolute atomic E-state index is 12.2. The second kappa shape index (κ2) is 10.4. The predicted molar refractivity (Wildman–Crippen MR) is 104 cm³/mol. The van der Waals surface area contributed by atoms with E-state index in [1.165, 1.54) is 26.2 Å². The molecule has 1 aliphatic rings. The molecule has 1 aliphatic heterocycles. The van der Waals surface area contributed by atoms with Crippen molar-refractivity contribution in [1.82, 2.24) is 9.91 Å². The summed E-state index contributed by atoms with van der Waals surface area (Å²) in [5.41, 5.74) is 1.23. The molecule has 0 aliphatic carbocycles. The van der Waals surface area contributed by atoms with Crippen molar-refractivity contribution >= 4 is 23.4 Å². The van der Waals surface area contributed by atoms with Gasteiger partial charge in [-0.3, -0.25) is 4.79 Å². The van der Waals surface area contributed by atoms with Gasteiger partial charge in [-0.05, 0) is 12.5 Å². The SMILES string of the molecule is CON=C(C(=O)OC)c1ccccc1CN(N=C(C)N1CCOCC1)C(C)=O. The van der Waals surface area contributed by atoms with E-state index in [0.29, 0.717) is 24.3 Å². The molecule has 9 nitrogen and oxygen atoms in total. The molecule has 0 atom stereocenters. The molecule has 9 heteroatoms. The third kappa shape index (κ3) is 5.53. The number of rotatable bonds is 6. The van der Waals surface area contributed by atoms with Gasteiger partial charge in [0.1, 0.15) is 12.9 Å². The average molecular weight is 390 g/mol. The smallest absolute Gasteiger partial charge is 0.360 e. The fraction of sp³-hybridized carbons (Fsp3) is 0.474. The van der Waals surface area contributed by atoms with Crippen molar-refractivity contribution in [1.29, 1.82) is 0 Å². The largest absolute Gasteiger partial charge is 0.464 e. The molecule has 1 saturated heterocycles. The second-order valence-electron chi connectivity index (χ2n) is 6.09. The Balaban J connectivity index is 2.32. The number of hydrogen-bond acceptors (Lipinski definition) is 7. The third-order valence-electron chi connectivity index (χ3n) is 4.25. The van der Waals surface area contributed by atoms with Crippen LogP contribution in [0.25, 0.3) is 0 Å². The third-order valence-corrected chi connectivity index (χ3v) is 4.25. The van der Waals surface area contributed by atoms with Crippen molar-refractivity contribution < 1.29 is 23.9 Å². The lowest BCUT2D eigenvalue weighted by Gasteiger charge is -2.29. The first-order chi connectivity index (χ1) is 13.5. The van der Waals surface area contributed by atoms with Crippen LogP contribution in [-0.4, -0.2) is 73.9 Å². The summed E-state index contributed by atoms with van der Waals surface area (Å²) in [4.78, 5) is 31.2. The van der Waals surface area contributed by atoms with Gasteiger partial charge in [0.05, 0.1) is 26.9 Å². The number of hydrazone groups is 1. The molecule has 0 saturated carbocycles. The Labute approximate surface area is 164 Å². The van der Waals surface area contributed by atoms with Gasteiger partial charge >= 0.3 is 5.97 Å². The molecular weight excluding hydrogens is 364 g/mol. The number of carbonyl (C=O) groups is 2. The number of oxime groups is 1. The minimum Gasteiger partial charge on any atom is -0.464 e. The highest BCUT2D eigenvalue weighted by atomic mass is 16.6. The number of amides is 1. The monoisotopic (exact) mass is 390 g/mol. The molecule has 0 radical (unpaired) electrons. The maximum atomic E-state index is 12.2. The average Bonchev–Trinajstić information content (AvgIpc) is 2.72. The summed E-state index contributed by atoms with van der Waals surface area (Å²) in [6.07, 6.45) is 0. The Morgan fingerprint density at radius 2 is 1.86 bits per heavy atom. The Kier molecular flexibility index (Phi) is 7.94. The van der Waals surface area contributed by atoms with Crippen molar-refractivity contribution in [2.24, 2.45) is 10.3 Å². The van der Waals surface area contributed by atoms with Crippen LogP contribution < -0.4 is 0 Å². The van der Waals surface area contributed by atoms with E-state index in [-0.39, 0.29) is 18.2 Å². The van der Waals surface area contributed by atoms with Gasteiger partial charge in [-0.25, -0.2) is 9.80 Å². The maximum Gasteiger partial charge on any atom is 0.360 e. The Morgan fingerprint density at radius 3 is 2.46 bits per heavy atom. The highest BCUT2D eigenvalue weighted by molar-refractivity contribution is 6.43. The number of ether oxygens (including phenoxy) is 2. The van der Waals surface area contributed by atoms with Crippen molar-refractivity contribution in [2.75, 3.05) is 40.5 Å². The van der Waals surface area contributed by atoms with E-state index >= 15 is 0 Å². The number of morpholine rings is 1. The molecule has 1 heterocycles. The van der Waals surface area contributed by atoms with Crippen LogP contribution in [0.2, 0.25) is 0 Å². The standard InChI is InChI=1S/C19H26N4O5/c1-14(22-9-11-28-12-10-22)20-23(15(2)24)13-16-7-5-6-8-17(16)18(21-27-4)19(25)26-3/h5-8H,9-13H2,1-4H3. The van der Waals surface area contributed by atoms with Gasteiger partial charge in [0.25, 0.3) is 0 Å². The summed E-state index contributed by atoms with van der Waals surface area (Å²) in [7, 11) is 2.62. The van der Waals surface area contributed by atoms with E-state index in [4.69, 9.17) is 14.3 Å². The fourth-order valence-corrected chi connectivity index (χ4v) is 2.78. The molecule has 152 valence electrons. The highest BCUT2D eigenvalue weighted by Crippen LogP contribution is 2.15. The molecule has 2 rings (SSSR count). The van der Waals surface area contributed by atoms with Crippen molar-refractivity contribution in [3.05, 3.63) is 35.4 Å². The highest BCUT2D eigenvalue weighted by Gasteiger charge is 2.21. The van der Waals surface area contributed by atoms with Gasteiger partial charge in [0.2, 0.25) is 5.91 Å². The molecule has 0 N–H and O–H groups in total. The van der Waals surface area contributed by atoms with Crippen LogP contribution in [0.4, 0.5) is 0 Å². The van der Waals surface area contributed by atoms with Gasteiger partial charge in [-0.1, -0.05) is 29.4 Å². The molecule has 0 aromatic heterocycles. The van der Waals surface area contributed by atoms with Gasteiger partial charge in [0, 0.05) is 25.6 Å². The lowest BCUT2D eigenvalue weighted by Crippen LogP contribution is -2.41. The van der Waals surface area contributed by atoms with Crippen molar-refractivity contribution in [3.63, 3.8) is 0 Å². The topological polar surface area (TPSA) is 93.0 Å². The lowest BCUT2D eigenvalue weighted by molar-refractivity contribution is -0.132. The van der Waals surface area contributed by atoms with Crippen LogP contribution in [0.1, 0.15) is 25.0 Å². The second-order valence-corrected chi connectivity index (χ2v) is 6.09. The number of hydrogen-bond donors (Lipinski definition) is 0. The number of amidine groups is 1. The van der Waals surface area contributed by atoms with Gasteiger partial charge in [0.15, 0.2) is 5.71 Å². The summed E-state index contributed by atoms with van der Waals surface area (Å²) in [5, 5.41) is 9.65. The van der Waals surface area contributed by atoms with E-state index in [9.17, 15) is 9.59 Å². The quantitative estimate of drug-likeness (QED) is 0.314. The summed E-state index contributed by atoms with van der Waals surface area (Å²) in [6.45, 7) is 6.20. The molecule has 1 amide bonds. The van der Waals surface area contributed by atoms with Crippen LogP contribution in [0.15, 0.2) is 34.5 Å².